The van der Waals surface area contributed by atoms with Gasteiger partial charge >= 0.3 is 0 Å². The van der Waals surface area contributed by atoms with Gasteiger partial charge in [0.2, 0.25) is 0 Å². The molecule has 0 aromatic heterocycles. The van der Waals surface area contributed by atoms with Crippen LogP contribution >= 0.6 is 0 Å². The average Bonchev–Trinajstić information content (AvgIpc) is 2.41. The minimum Gasteiger partial charge on any atom is -0.393 e. The third kappa shape index (κ3) is 4.03. The van der Waals surface area contributed by atoms with E-state index in [0.717, 1.165) is 38.0 Å². The fourth-order valence-electron chi connectivity index (χ4n) is 2.27. The van der Waals surface area contributed by atoms with Crippen molar-refractivity contribution in [2.45, 2.75) is 25.5 Å². The number of piperidine rings is 1. The minimum atomic E-state index is -0.279. The van der Waals surface area contributed by atoms with Crippen LogP contribution in [0.2, 0.25) is 0 Å². The zero-order valence-electron chi connectivity index (χ0n) is 10.9. The molecule has 102 valence electrons. The predicted octanol–water partition coefficient (Wildman–Crippen LogP) is 1.09. The Hall–Kier alpha value is -1.41. The first-order valence-electron chi connectivity index (χ1n) is 6.57. The quantitative estimate of drug-likeness (QED) is 0.785. The standard InChI is InChI=1S/C15H19FN2O/c16-14-4-3-13(12(10-14)2-1-7-17)11-18-8-5-15(19)6-9-18/h3-4,10,15,19H,5-9,11,17H2. The molecule has 4 heteroatoms. The van der Waals surface area contributed by atoms with Crippen molar-refractivity contribution in [3.63, 3.8) is 0 Å². The van der Waals surface area contributed by atoms with E-state index in [1.165, 1.54) is 12.1 Å². The van der Waals surface area contributed by atoms with Crippen LogP contribution in [-0.4, -0.2) is 35.7 Å². The molecule has 1 aliphatic heterocycles. The fourth-order valence-corrected chi connectivity index (χ4v) is 2.27. The van der Waals surface area contributed by atoms with Gasteiger partial charge in [-0.1, -0.05) is 17.9 Å². The maximum Gasteiger partial charge on any atom is 0.124 e. The highest BCUT2D eigenvalue weighted by Gasteiger charge is 2.17. The number of aliphatic hydroxyl groups is 1. The highest BCUT2D eigenvalue weighted by atomic mass is 19.1. The number of nitrogens with two attached hydrogens (primary N) is 1. The number of benzene rings is 1. The predicted molar refractivity (Wildman–Crippen MR) is 72.9 cm³/mol. The van der Waals surface area contributed by atoms with Gasteiger partial charge in [-0.2, -0.15) is 0 Å². The number of hydrogen-bond acceptors (Lipinski definition) is 3. The summed E-state index contributed by atoms with van der Waals surface area (Å²) in [5.74, 6) is 5.41. The fraction of sp³-hybridized carbons (Fsp3) is 0.467. The molecule has 0 unspecified atom stereocenters. The molecule has 0 atom stereocenters. The molecule has 0 aliphatic carbocycles. The highest BCUT2D eigenvalue weighted by Crippen LogP contribution is 2.17. The van der Waals surface area contributed by atoms with Crippen molar-refractivity contribution < 1.29 is 9.50 Å². The van der Waals surface area contributed by atoms with Gasteiger partial charge in [0.25, 0.3) is 0 Å². The molecule has 1 aromatic rings. The zero-order valence-corrected chi connectivity index (χ0v) is 10.9. The van der Waals surface area contributed by atoms with E-state index in [9.17, 15) is 9.50 Å². The summed E-state index contributed by atoms with van der Waals surface area (Å²) in [6.07, 6.45) is 1.41. The van der Waals surface area contributed by atoms with Gasteiger partial charge in [-0.05, 0) is 30.5 Å². The summed E-state index contributed by atoms with van der Waals surface area (Å²) in [6.45, 7) is 2.73. The van der Waals surface area contributed by atoms with Crippen LogP contribution < -0.4 is 5.73 Å². The summed E-state index contributed by atoms with van der Waals surface area (Å²) >= 11 is 0. The molecule has 0 saturated carbocycles. The number of hydrogen-bond donors (Lipinski definition) is 2. The Kier molecular flexibility index (Phi) is 4.92. The first kappa shape index (κ1) is 14.0. The lowest BCUT2D eigenvalue weighted by Gasteiger charge is -2.29. The molecule has 0 spiro atoms. The van der Waals surface area contributed by atoms with Crippen molar-refractivity contribution >= 4 is 0 Å². The molecule has 1 aromatic carbocycles. The van der Waals surface area contributed by atoms with Crippen molar-refractivity contribution in [3.8, 4) is 11.8 Å². The van der Waals surface area contributed by atoms with Crippen LogP contribution in [0.3, 0.4) is 0 Å². The molecular weight excluding hydrogens is 243 g/mol. The largest absolute Gasteiger partial charge is 0.393 e. The van der Waals surface area contributed by atoms with Gasteiger partial charge in [0.15, 0.2) is 0 Å². The van der Waals surface area contributed by atoms with E-state index in [2.05, 4.69) is 16.7 Å². The first-order valence-corrected chi connectivity index (χ1v) is 6.57. The van der Waals surface area contributed by atoms with Gasteiger partial charge in [-0.25, -0.2) is 4.39 Å². The minimum absolute atomic E-state index is 0.180. The van der Waals surface area contributed by atoms with Crippen molar-refractivity contribution in [2.24, 2.45) is 5.73 Å². The average molecular weight is 262 g/mol. The second-order valence-electron chi connectivity index (χ2n) is 4.81. The molecular formula is C15H19FN2O. The molecule has 1 fully saturated rings. The summed E-state index contributed by atoms with van der Waals surface area (Å²) < 4.78 is 13.3. The van der Waals surface area contributed by atoms with Crippen molar-refractivity contribution in [3.05, 3.63) is 35.1 Å². The van der Waals surface area contributed by atoms with E-state index < -0.39 is 0 Å². The van der Waals surface area contributed by atoms with E-state index in [0.29, 0.717) is 5.56 Å². The summed E-state index contributed by atoms with van der Waals surface area (Å²) in [4.78, 5) is 2.26. The second-order valence-corrected chi connectivity index (χ2v) is 4.81. The maximum atomic E-state index is 13.3. The monoisotopic (exact) mass is 262 g/mol. The second kappa shape index (κ2) is 6.67. The van der Waals surface area contributed by atoms with Gasteiger partial charge in [-0.15, -0.1) is 0 Å². The van der Waals surface area contributed by atoms with Crippen LogP contribution in [0.25, 0.3) is 0 Å². The van der Waals surface area contributed by atoms with Gasteiger partial charge in [0.1, 0.15) is 5.82 Å². The molecule has 2 rings (SSSR count). The van der Waals surface area contributed by atoms with Crippen molar-refractivity contribution in [1.82, 2.24) is 4.90 Å². The number of likely N-dealkylation sites (tertiary alicyclic amines) is 1. The van der Waals surface area contributed by atoms with Gasteiger partial charge < -0.3 is 10.8 Å². The van der Waals surface area contributed by atoms with Crippen molar-refractivity contribution in [2.75, 3.05) is 19.6 Å². The van der Waals surface area contributed by atoms with E-state index >= 15 is 0 Å². The Morgan fingerprint density at radius 1 is 1.37 bits per heavy atom. The summed E-state index contributed by atoms with van der Waals surface area (Å²) in [6, 6.07) is 4.69. The lowest BCUT2D eigenvalue weighted by molar-refractivity contribution is 0.0792. The van der Waals surface area contributed by atoms with Crippen LogP contribution in [0.4, 0.5) is 4.39 Å². The summed E-state index contributed by atoms with van der Waals surface area (Å²) in [5.41, 5.74) is 7.08. The number of nitrogens with zero attached hydrogens (tertiary/aromatic N) is 1. The summed E-state index contributed by atoms with van der Waals surface area (Å²) in [5, 5.41) is 9.49. The zero-order chi connectivity index (χ0) is 13.7. The lowest BCUT2D eigenvalue weighted by Crippen LogP contribution is -2.35. The Balaban J connectivity index is 2.10. The van der Waals surface area contributed by atoms with E-state index in [-0.39, 0.29) is 18.5 Å². The Morgan fingerprint density at radius 2 is 2.11 bits per heavy atom. The third-order valence-electron chi connectivity index (χ3n) is 3.35. The molecule has 0 radical (unpaired) electrons. The molecule has 0 amide bonds. The van der Waals surface area contributed by atoms with Gasteiger partial charge in [0.05, 0.1) is 12.6 Å². The first-order chi connectivity index (χ1) is 9.19. The molecule has 3 N–H and O–H groups in total. The molecule has 19 heavy (non-hydrogen) atoms. The highest BCUT2D eigenvalue weighted by molar-refractivity contribution is 5.41. The smallest absolute Gasteiger partial charge is 0.124 e. The van der Waals surface area contributed by atoms with Crippen LogP contribution in [0.15, 0.2) is 18.2 Å². The molecule has 0 bridgehead atoms. The number of aliphatic hydroxyl groups excluding tert-OH is 1. The van der Waals surface area contributed by atoms with Crippen LogP contribution in [0, 0.1) is 17.7 Å². The van der Waals surface area contributed by atoms with Crippen LogP contribution in [0.5, 0.6) is 0 Å². The SMILES string of the molecule is NCC#Cc1cc(F)ccc1CN1CCC(O)CC1. The number of rotatable bonds is 2. The summed E-state index contributed by atoms with van der Waals surface area (Å²) in [7, 11) is 0. The maximum absolute atomic E-state index is 13.3. The normalized spacial score (nSPS) is 17.0. The van der Waals surface area contributed by atoms with Crippen LogP contribution in [0.1, 0.15) is 24.0 Å². The third-order valence-corrected chi connectivity index (χ3v) is 3.35. The van der Waals surface area contributed by atoms with Gasteiger partial charge in [0, 0.05) is 25.2 Å². The Morgan fingerprint density at radius 3 is 2.79 bits per heavy atom. The van der Waals surface area contributed by atoms with Crippen molar-refractivity contribution in [1.29, 1.82) is 0 Å². The number of halogens is 1. The molecule has 3 nitrogen and oxygen atoms in total. The molecule has 1 heterocycles. The topological polar surface area (TPSA) is 49.5 Å². The molecule has 1 saturated heterocycles. The molecule has 1 aliphatic rings. The van der Waals surface area contributed by atoms with E-state index in [1.54, 1.807) is 6.07 Å². The van der Waals surface area contributed by atoms with Gasteiger partial charge in [-0.3, -0.25) is 4.90 Å². The van der Waals surface area contributed by atoms with E-state index in [1.807, 2.05) is 0 Å². The van der Waals surface area contributed by atoms with E-state index in [4.69, 9.17) is 5.73 Å². The Bertz CT molecular complexity index is 485. The Labute approximate surface area is 113 Å². The van der Waals surface area contributed by atoms with Crippen LogP contribution in [-0.2, 0) is 6.54 Å². The lowest BCUT2D eigenvalue weighted by atomic mass is 10.0.